The number of rotatable bonds is 2. The largest absolute Gasteiger partial charge is 0.466 e. The number of nitrogens with zero attached hydrogens (tertiary/aromatic N) is 2. The fraction of sp³-hybridized carbons (Fsp3) is 0.647. The first-order valence-electron chi connectivity index (χ1n) is 8.35. The maximum Gasteiger partial charge on any atom is 0.257 e. The zero-order valence-electron chi connectivity index (χ0n) is 13.9. The third kappa shape index (κ3) is 3.00. The zero-order valence-corrected chi connectivity index (χ0v) is 13.9. The summed E-state index contributed by atoms with van der Waals surface area (Å²) in [6, 6.07) is 1.78. The van der Waals surface area contributed by atoms with Crippen molar-refractivity contribution in [2.24, 2.45) is 5.73 Å². The molecular weight excluding hydrogens is 294 g/mol. The molecule has 2 fully saturated rings. The lowest BCUT2D eigenvalue weighted by molar-refractivity contribution is -0.138. The highest BCUT2D eigenvalue weighted by molar-refractivity contribution is 5.95. The van der Waals surface area contributed by atoms with Gasteiger partial charge in [0.1, 0.15) is 11.5 Å². The molecule has 6 heteroatoms. The van der Waals surface area contributed by atoms with E-state index in [1.54, 1.807) is 17.9 Å². The Labute approximate surface area is 136 Å². The van der Waals surface area contributed by atoms with Crippen LogP contribution in [0, 0.1) is 13.8 Å². The number of furan rings is 1. The van der Waals surface area contributed by atoms with E-state index < -0.39 is 5.54 Å². The Kier molecular flexibility index (Phi) is 4.19. The van der Waals surface area contributed by atoms with E-state index in [-0.39, 0.29) is 11.8 Å². The van der Waals surface area contributed by atoms with Crippen molar-refractivity contribution in [2.75, 3.05) is 26.2 Å². The monoisotopic (exact) mass is 319 g/mol. The highest BCUT2D eigenvalue weighted by Crippen LogP contribution is 2.29. The smallest absolute Gasteiger partial charge is 0.257 e. The number of hydrogen-bond donors (Lipinski definition) is 1. The standard InChI is InChI=1S/C17H25N3O3/c1-12-11-14(13(2)23-12)15(21)19-7-9-20(10-8-19)16(22)17(18)5-3-4-6-17/h11H,3-10,18H2,1-2H3. The van der Waals surface area contributed by atoms with Gasteiger partial charge in [-0.1, -0.05) is 12.8 Å². The van der Waals surface area contributed by atoms with Crippen molar-refractivity contribution in [2.45, 2.75) is 45.1 Å². The fourth-order valence-electron chi connectivity index (χ4n) is 3.66. The number of hydrogen-bond acceptors (Lipinski definition) is 4. The van der Waals surface area contributed by atoms with Crippen LogP contribution in [0.5, 0.6) is 0 Å². The van der Waals surface area contributed by atoms with E-state index >= 15 is 0 Å². The lowest BCUT2D eigenvalue weighted by atomic mass is 9.97. The van der Waals surface area contributed by atoms with Gasteiger partial charge in [0, 0.05) is 26.2 Å². The van der Waals surface area contributed by atoms with Crippen molar-refractivity contribution < 1.29 is 14.0 Å². The number of carbonyl (C=O) groups is 2. The first-order chi connectivity index (χ1) is 10.9. The second kappa shape index (κ2) is 6.00. The van der Waals surface area contributed by atoms with Crippen LogP contribution in [0.2, 0.25) is 0 Å². The summed E-state index contributed by atoms with van der Waals surface area (Å²) < 4.78 is 5.44. The van der Waals surface area contributed by atoms with E-state index in [2.05, 4.69) is 0 Å². The van der Waals surface area contributed by atoms with Gasteiger partial charge in [0.2, 0.25) is 5.91 Å². The highest BCUT2D eigenvalue weighted by atomic mass is 16.3. The van der Waals surface area contributed by atoms with E-state index in [1.807, 2.05) is 11.8 Å². The SMILES string of the molecule is Cc1cc(C(=O)N2CCN(C(=O)C3(N)CCCC3)CC2)c(C)o1. The minimum atomic E-state index is -0.676. The summed E-state index contributed by atoms with van der Waals surface area (Å²) >= 11 is 0. The summed E-state index contributed by atoms with van der Waals surface area (Å²) in [6.45, 7) is 5.84. The minimum absolute atomic E-state index is 0.0187. The second-order valence-electron chi connectivity index (χ2n) is 6.77. The van der Waals surface area contributed by atoms with Crippen LogP contribution in [0.15, 0.2) is 10.5 Å². The van der Waals surface area contributed by atoms with Crippen LogP contribution >= 0.6 is 0 Å². The third-order valence-corrected chi connectivity index (χ3v) is 5.05. The molecule has 6 nitrogen and oxygen atoms in total. The molecule has 126 valence electrons. The summed E-state index contributed by atoms with van der Waals surface area (Å²) in [5.41, 5.74) is 6.20. The summed E-state index contributed by atoms with van der Waals surface area (Å²) in [6.07, 6.45) is 3.61. The first-order valence-corrected chi connectivity index (χ1v) is 8.35. The van der Waals surface area contributed by atoms with Crippen LogP contribution in [0.3, 0.4) is 0 Å². The molecule has 1 aromatic rings. The Morgan fingerprint density at radius 2 is 1.65 bits per heavy atom. The Balaban J connectivity index is 1.61. The van der Waals surface area contributed by atoms with Gasteiger partial charge in [0.15, 0.2) is 0 Å². The number of aryl methyl sites for hydroxylation is 2. The van der Waals surface area contributed by atoms with Crippen molar-refractivity contribution in [1.29, 1.82) is 0 Å². The van der Waals surface area contributed by atoms with Crippen LogP contribution in [0.1, 0.15) is 47.6 Å². The summed E-state index contributed by atoms with van der Waals surface area (Å²) in [5.74, 6) is 1.43. The number of piperazine rings is 1. The Morgan fingerprint density at radius 1 is 1.09 bits per heavy atom. The lowest BCUT2D eigenvalue weighted by Crippen LogP contribution is -2.59. The summed E-state index contributed by atoms with van der Waals surface area (Å²) in [5, 5.41) is 0. The third-order valence-electron chi connectivity index (χ3n) is 5.05. The van der Waals surface area contributed by atoms with Crippen molar-refractivity contribution in [1.82, 2.24) is 9.80 Å². The van der Waals surface area contributed by atoms with Crippen molar-refractivity contribution in [3.63, 3.8) is 0 Å². The molecule has 2 heterocycles. The van der Waals surface area contributed by atoms with Crippen LogP contribution < -0.4 is 5.73 Å². The molecule has 1 aliphatic heterocycles. The molecule has 1 saturated carbocycles. The van der Waals surface area contributed by atoms with E-state index in [0.717, 1.165) is 31.4 Å². The van der Waals surface area contributed by atoms with E-state index in [4.69, 9.17) is 10.2 Å². The minimum Gasteiger partial charge on any atom is -0.466 e. The van der Waals surface area contributed by atoms with Gasteiger partial charge in [0.05, 0.1) is 11.1 Å². The molecule has 0 spiro atoms. The van der Waals surface area contributed by atoms with E-state index in [0.29, 0.717) is 37.5 Å². The highest BCUT2D eigenvalue weighted by Gasteiger charge is 2.41. The lowest BCUT2D eigenvalue weighted by Gasteiger charge is -2.38. The molecule has 2 amide bonds. The van der Waals surface area contributed by atoms with Crippen LogP contribution in [-0.2, 0) is 4.79 Å². The molecule has 1 saturated heterocycles. The van der Waals surface area contributed by atoms with Crippen molar-refractivity contribution >= 4 is 11.8 Å². The van der Waals surface area contributed by atoms with Crippen LogP contribution in [-0.4, -0.2) is 53.3 Å². The van der Waals surface area contributed by atoms with Gasteiger partial charge in [-0.2, -0.15) is 0 Å². The second-order valence-corrected chi connectivity index (χ2v) is 6.77. The maximum absolute atomic E-state index is 12.6. The number of amides is 2. The molecular formula is C17H25N3O3. The normalized spacial score (nSPS) is 20.8. The quantitative estimate of drug-likeness (QED) is 0.895. The Hall–Kier alpha value is -1.82. The zero-order chi connectivity index (χ0) is 16.6. The fourth-order valence-corrected chi connectivity index (χ4v) is 3.66. The van der Waals surface area contributed by atoms with Gasteiger partial charge < -0.3 is 20.0 Å². The number of nitrogens with two attached hydrogens (primary N) is 1. The predicted molar refractivity (Wildman–Crippen MR) is 86.1 cm³/mol. The van der Waals surface area contributed by atoms with Crippen LogP contribution in [0.25, 0.3) is 0 Å². The average molecular weight is 319 g/mol. The molecule has 3 rings (SSSR count). The molecule has 0 radical (unpaired) electrons. The van der Waals surface area contributed by atoms with Gasteiger partial charge in [-0.3, -0.25) is 9.59 Å². The van der Waals surface area contributed by atoms with E-state index in [9.17, 15) is 9.59 Å². The molecule has 1 aliphatic carbocycles. The molecule has 0 atom stereocenters. The molecule has 0 bridgehead atoms. The topological polar surface area (TPSA) is 79.8 Å². The van der Waals surface area contributed by atoms with Gasteiger partial charge >= 0.3 is 0 Å². The molecule has 0 unspecified atom stereocenters. The Morgan fingerprint density at radius 3 is 2.17 bits per heavy atom. The Bertz CT molecular complexity index is 609. The molecule has 2 aliphatic rings. The van der Waals surface area contributed by atoms with Gasteiger partial charge in [-0.05, 0) is 32.8 Å². The van der Waals surface area contributed by atoms with Gasteiger partial charge in [-0.15, -0.1) is 0 Å². The predicted octanol–water partition coefficient (Wildman–Crippen LogP) is 1.45. The van der Waals surface area contributed by atoms with Crippen molar-refractivity contribution in [3.8, 4) is 0 Å². The van der Waals surface area contributed by atoms with Gasteiger partial charge in [-0.25, -0.2) is 0 Å². The number of carbonyl (C=O) groups excluding carboxylic acids is 2. The first kappa shape index (κ1) is 16.1. The van der Waals surface area contributed by atoms with Crippen molar-refractivity contribution in [3.05, 3.63) is 23.2 Å². The van der Waals surface area contributed by atoms with E-state index in [1.165, 1.54) is 0 Å². The van der Waals surface area contributed by atoms with Gasteiger partial charge in [0.25, 0.3) is 5.91 Å². The molecule has 1 aromatic heterocycles. The molecule has 2 N–H and O–H groups in total. The molecule has 0 aromatic carbocycles. The molecule has 23 heavy (non-hydrogen) atoms. The maximum atomic E-state index is 12.6. The summed E-state index contributed by atoms with van der Waals surface area (Å²) in [7, 11) is 0. The average Bonchev–Trinajstić information content (AvgIpc) is 3.12. The van der Waals surface area contributed by atoms with Crippen LogP contribution in [0.4, 0.5) is 0 Å². The summed E-state index contributed by atoms with van der Waals surface area (Å²) in [4.78, 5) is 28.8.